The van der Waals surface area contributed by atoms with Crippen LogP contribution in [0, 0.1) is 0 Å². The van der Waals surface area contributed by atoms with Crippen LogP contribution >= 0.6 is 0 Å². The number of carboxylic acids is 1. The van der Waals surface area contributed by atoms with E-state index in [0.717, 1.165) is 25.0 Å². The van der Waals surface area contributed by atoms with Gasteiger partial charge in [-0.3, -0.25) is 9.89 Å². The van der Waals surface area contributed by atoms with E-state index in [1.807, 2.05) is 13.8 Å². The molecule has 1 aromatic rings. The summed E-state index contributed by atoms with van der Waals surface area (Å²) in [7, 11) is 0. The Kier molecular flexibility index (Phi) is 2.29. The lowest BCUT2D eigenvalue weighted by molar-refractivity contribution is -0.138. The number of H-pyrrole nitrogens is 1. The molecular formula is C11H16N2O2. The fourth-order valence-electron chi connectivity index (χ4n) is 2.34. The van der Waals surface area contributed by atoms with Gasteiger partial charge in [-0.2, -0.15) is 5.10 Å². The summed E-state index contributed by atoms with van der Waals surface area (Å²) in [5, 5.41) is 16.2. The number of hydrogen-bond donors (Lipinski definition) is 2. The predicted octanol–water partition coefficient (Wildman–Crippen LogP) is 1.65. The maximum atomic E-state index is 10.8. The van der Waals surface area contributed by atoms with Crippen LogP contribution in [0.5, 0.6) is 0 Å². The van der Waals surface area contributed by atoms with Crippen molar-refractivity contribution in [2.45, 2.75) is 44.9 Å². The zero-order valence-electron chi connectivity index (χ0n) is 9.13. The van der Waals surface area contributed by atoms with E-state index in [9.17, 15) is 4.79 Å². The third-order valence-electron chi connectivity index (χ3n) is 3.04. The number of carboxylic acid groups (broad SMARTS) is 1. The van der Waals surface area contributed by atoms with Crippen LogP contribution < -0.4 is 0 Å². The van der Waals surface area contributed by atoms with Gasteiger partial charge < -0.3 is 5.11 Å². The smallest absolute Gasteiger partial charge is 0.304 e. The first-order valence-electron chi connectivity index (χ1n) is 5.29. The van der Waals surface area contributed by atoms with Crippen molar-refractivity contribution < 1.29 is 9.90 Å². The predicted molar refractivity (Wildman–Crippen MR) is 55.9 cm³/mol. The average Bonchev–Trinajstić information content (AvgIpc) is 2.57. The number of aromatic amines is 1. The summed E-state index contributed by atoms with van der Waals surface area (Å²) in [6, 6.07) is 0. The molecule has 0 fully saturated rings. The number of nitrogens with one attached hydrogen (secondary N) is 1. The second-order valence-corrected chi connectivity index (χ2v) is 4.84. The molecule has 0 unspecified atom stereocenters. The molecule has 0 aromatic carbocycles. The van der Waals surface area contributed by atoms with Gasteiger partial charge in [-0.05, 0) is 24.8 Å². The highest BCUT2D eigenvalue weighted by Gasteiger charge is 2.32. The largest absolute Gasteiger partial charge is 0.481 e. The Morgan fingerprint density at radius 2 is 2.27 bits per heavy atom. The second-order valence-electron chi connectivity index (χ2n) is 4.84. The lowest BCUT2D eigenvalue weighted by Gasteiger charge is -2.21. The molecule has 4 nitrogen and oxygen atoms in total. The maximum Gasteiger partial charge on any atom is 0.304 e. The molecule has 0 bridgehead atoms. The topological polar surface area (TPSA) is 66.0 Å². The highest BCUT2D eigenvalue weighted by atomic mass is 16.4. The Hall–Kier alpha value is -1.32. The highest BCUT2D eigenvalue weighted by Crippen LogP contribution is 2.33. The summed E-state index contributed by atoms with van der Waals surface area (Å²) >= 11 is 0. The molecule has 0 radical (unpaired) electrons. The minimum atomic E-state index is -0.769. The molecule has 0 saturated carbocycles. The van der Waals surface area contributed by atoms with E-state index in [1.54, 1.807) is 0 Å². The number of nitrogens with zero attached hydrogens (tertiary/aromatic N) is 1. The monoisotopic (exact) mass is 208 g/mol. The number of aromatic nitrogens is 2. The molecule has 4 heteroatoms. The van der Waals surface area contributed by atoms with Crippen LogP contribution in [0.25, 0.3) is 0 Å². The fraction of sp³-hybridized carbons (Fsp3) is 0.636. The Morgan fingerprint density at radius 3 is 2.93 bits per heavy atom. The van der Waals surface area contributed by atoms with Crippen molar-refractivity contribution in [2.24, 2.45) is 0 Å². The van der Waals surface area contributed by atoms with Gasteiger partial charge in [0.2, 0.25) is 0 Å². The van der Waals surface area contributed by atoms with Crippen molar-refractivity contribution in [2.75, 3.05) is 0 Å². The van der Waals surface area contributed by atoms with Gasteiger partial charge >= 0.3 is 5.97 Å². The quantitative estimate of drug-likeness (QED) is 0.793. The molecule has 1 aliphatic rings. The van der Waals surface area contributed by atoms with Crippen LogP contribution in [0.2, 0.25) is 0 Å². The molecule has 0 spiro atoms. The maximum absolute atomic E-state index is 10.8. The highest BCUT2D eigenvalue weighted by molar-refractivity contribution is 5.68. The summed E-state index contributed by atoms with van der Waals surface area (Å²) in [6.07, 6.45) is 3.36. The van der Waals surface area contributed by atoms with Crippen LogP contribution in [0.4, 0.5) is 0 Å². The summed E-state index contributed by atoms with van der Waals surface area (Å²) in [5.41, 5.74) is 3.02. The van der Waals surface area contributed by atoms with E-state index in [-0.39, 0.29) is 11.8 Å². The molecule has 0 atom stereocenters. The van der Waals surface area contributed by atoms with Gasteiger partial charge in [-0.15, -0.1) is 0 Å². The van der Waals surface area contributed by atoms with E-state index >= 15 is 0 Å². The van der Waals surface area contributed by atoms with Crippen molar-refractivity contribution >= 4 is 5.97 Å². The van der Waals surface area contributed by atoms with E-state index in [4.69, 9.17) is 5.11 Å². The number of rotatable bonds is 3. The van der Waals surface area contributed by atoms with Crippen LogP contribution in [0.1, 0.15) is 43.6 Å². The molecule has 0 amide bonds. The van der Waals surface area contributed by atoms with Gasteiger partial charge in [-0.1, -0.05) is 13.8 Å². The number of fused-ring (bicyclic) bond motifs is 1. The third kappa shape index (κ3) is 1.76. The average molecular weight is 208 g/mol. The molecular weight excluding hydrogens is 192 g/mol. The SMILES string of the molecule is CC(C)(CC(=O)O)c1n[nH]c2c1CCC2. The Morgan fingerprint density at radius 1 is 1.53 bits per heavy atom. The molecule has 0 aliphatic heterocycles. The van der Waals surface area contributed by atoms with E-state index < -0.39 is 5.97 Å². The number of aliphatic carboxylic acids is 1. The standard InChI is InChI=1S/C11H16N2O2/c1-11(2,6-9(14)15)10-7-4-3-5-8(7)12-13-10/h3-6H2,1-2H3,(H,12,13)(H,14,15). The minimum Gasteiger partial charge on any atom is -0.481 e. The molecule has 2 N–H and O–H groups in total. The molecule has 82 valence electrons. The Balaban J connectivity index is 2.32. The first kappa shape index (κ1) is 10.2. The van der Waals surface area contributed by atoms with Crippen molar-refractivity contribution in [1.82, 2.24) is 10.2 Å². The zero-order chi connectivity index (χ0) is 11.1. The van der Waals surface area contributed by atoms with Crippen LogP contribution in [-0.4, -0.2) is 21.3 Å². The van der Waals surface area contributed by atoms with E-state index in [2.05, 4.69) is 10.2 Å². The summed E-state index contributed by atoms with van der Waals surface area (Å²) < 4.78 is 0. The fourth-order valence-corrected chi connectivity index (χ4v) is 2.34. The van der Waals surface area contributed by atoms with Gasteiger partial charge in [0.1, 0.15) is 0 Å². The Labute approximate surface area is 88.7 Å². The van der Waals surface area contributed by atoms with Gasteiger partial charge in [0.15, 0.2) is 0 Å². The third-order valence-corrected chi connectivity index (χ3v) is 3.04. The molecule has 0 saturated heterocycles. The minimum absolute atomic E-state index is 0.129. The first-order chi connectivity index (χ1) is 7.00. The van der Waals surface area contributed by atoms with Gasteiger partial charge in [0.05, 0.1) is 12.1 Å². The first-order valence-corrected chi connectivity index (χ1v) is 5.29. The van der Waals surface area contributed by atoms with Crippen molar-refractivity contribution in [3.63, 3.8) is 0 Å². The Bertz CT molecular complexity index is 393. The van der Waals surface area contributed by atoms with E-state index in [1.165, 1.54) is 11.3 Å². The molecule has 1 aromatic heterocycles. The lowest BCUT2D eigenvalue weighted by Crippen LogP contribution is -2.23. The normalized spacial score (nSPS) is 15.3. The van der Waals surface area contributed by atoms with Crippen LogP contribution in [-0.2, 0) is 23.1 Å². The number of aryl methyl sites for hydroxylation is 1. The van der Waals surface area contributed by atoms with E-state index in [0.29, 0.717) is 0 Å². The van der Waals surface area contributed by atoms with Crippen molar-refractivity contribution in [3.8, 4) is 0 Å². The summed E-state index contributed by atoms with van der Waals surface area (Å²) in [5.74, 6) is -0.769. The second kappa shape index (κ2) is 3.36. The van der Waals surface area contributed by atoms with Gasteiger partial charge in [-0.25, -0.2) is 0 Å². The summed E-state index contributed by atoms with van der Waals surface area (Å²) in [4.78, 5) is 10.8. The lowest BCUT2D eigenvalue weighted by atomic mass is 9.83. The van der Waals surface area contributed by atoms with Crippen LogP contribution in [0.15, 0.2) is 0 Å². The number of hydrogen-bond acceptors (Lipinski definition) is 2. The summed E-state index contributed by atoms with van der Waals surface area (Å²) in [6.45, 7) is 3.88. The van der Waals surface area contributed by atoms with Gasteiger partial charge in [0.25, 0.3) is 0 Å². The molecule has 15 heavy (non-hydrogen) atoms. The molecule has 2 rings (SSSR count). The van der Waals surface area contributed by atoms with Crippen molar-refractivity contribution in [1.29, 1.82) is 0 Å². The number of carbonyl (C=O) groups is 1. The zero-order valence-corrected chi connectivity index (χ0v) is 9.13. The van der Waals surface area contributed by atoms with Crippen LogP contribution in [0.3, 0.4) is 0 Å². The molecule has 1 heterocycles. The van der Waals surface area contributed by atoms with Gasteiger partial charge in [0, 0.05) is 11.1 Å². The molecule has 1 aliphatic carbocycles. The van der Waals surface area contributed by atoms with Crippen molar-refractivity contribution in [3.05, 3.63) is 17.0 Å².